The molecular weight excluding hydrogens is 206 g/mol. The van der Waals surface area contributed by atoms with Gasteiger partial charge in [-0.2, -0.15) is 0 Å². The van der Waals surface area contributed by atoms with Crippen molar-refractivity contribution < 1.29 is 0 Å². The van der Waals surface area contributed by atoms with Crippen molar-refractivity contribution in [2.45, 2.75) is 34.6 Å². The van der Waals surface area contributed by atoms with Crippen LogP contribution in [0.4, 0.5) is 0 Å². The highest BCUT2D eigenvalue weighted by molar-refractivity contribution is 5.72. The zero-order valence-electron chi connectivity index (χ0n) is 12.3. The lowest BCUT2D eigenvalue weighted by Gasteiger charge is -1.98. The molecule has 0 aromatic heterocycles. The molecule has 0 heterocycles. The third-order valence-electron chi connectivity index (χ3n) is 1.64. The molecule has 2 N–H and O–H groups in total. The van der Waals surface area contributed by atoms with Gasteiger partial charge in [-0.1, -0.05) is 76.8 Å². The van der Waals surface area contributed by atoms with Crippen LogP contribution in [0.2, 0.25) is 0 Å². The molecular formula is C16H29N. The summed E-state index contributed by atoms with van der Waals surface area (Å²) < 4.78 is 0. The summed E-state index contributed by atoms with van der Waals surface area (Å²) in [5, 5.41) is 0. The Bertz CT molecular complexity index is 260. The first-order valence-corrected chi connectivity index (χ1v) is 6.30. The molecule has 1 nitrogen and oxygen atoms in total. The maximum atomic E-state index is 4.50. The minimum Gasteiger partial charge on any atom is -0.333 e. The minimum absolute atomic E-state index is 1.19. The highest BCUT2D eigenvalue weighted by Gasteiger charge is 1.91. The van der Waals surface area contributed by atoms with E-state index >= 15 is 0 Å². The van der Waals surface area contributed by atoms with Crippen molar-refractivity contribution in [1.29, 1.82) is 0 Å². The maximum Gasteiger partial charge on any atom is -0.0188 e. The van der Waals surface area contributed by atoms with E-state index < -0.39 is 0 Å². The Labute approximate surface area is 108 Å². The number of benzene rings is 1. The topological polar surface area (TPSA) is 26.0 Å². The Balaban J connectivity index is -0.000000285. The van der Waals surface area contributed by atoms with Crippen molar-refractivity contribution in [3.63, 3.8) is 0 Å². The molecule has 0 aliphatic heterocycles. The van der Waals surface area contributed by atoms with Crippen molar-refractivity contribution in [1.82, 2.24) is 0 Å². The van der Waals surface area contributed by atoms with E-state index in [4.69, 9.17) is 0 Å². The van der Waals surface area contributed by atoms with Gasteiger partial charge >= 0.3 is 0 Å². The monoisotopic (exact) mass is 235 g/mol. The van der Waals surface area contributed by atoms with Gasteiger partial charge in [-0.15, -0.1) is 0 Å². The van der Waals surface area contributed by atoms with Crippen LogP contribution in [0.1, 0.15) is 40.2 Å². The summed E-state index contributed by atoms with van der Waals surface area (Å²) in [6.45, 7) is 13.8. The SMILES string of the molecule is C=C/C(=C\C)c1ccccc1.CC.CC.CN. The maximum absolute atomic E-state index is 4.50. The zero-order chi connectivity index (χ0) is 14.1. The smallest absolute Gasteiger partial charge is 0.0188 e. The molecule has 1 heteroatoms. The molecule has 1 rings (SSSR count). The number of nitrogens with two attached hydrogens (primary N) is 1. The van der Waals surface area contributed by atoms with Crippen LogP contribution in [-0.2, 0) is 0 Å². The van der Waals surface area contributed by atoms with Gasteiger partial charge in [-0.05, 0) is 25.1 Å². The van der Waals surface area contributed by atoms with Crippen LogP contribution in [0, 0.1) is 0 Å². The van der Waals surface area contributed by atoms with E-state index in [-0.39, 0.29) is 0 Å². The fourth-order valence-corrected chi connectivity index (χ4v) is 1.03. The standard InChI is InChI=1S/C11H12.2C2H6.CH5N/c1-3-10(4-2)11-8-6-5-7-9-11;3*1-2/h3-9H,1H2,2H3;2*1-2H3;2H2,1H3/b10-4+;;;. The fraction of sp³-hybridized carbons (Fsp3) is 0.375. The third kappa shape index (κ3) is 10.9. The molecule has 0 amide bonds. The second-order valence-electron chi connectivity index (χ2n) is 2.31. The van der Waals surface area contributed by atoms with Crippen LogP contribution in [0.15, 0.2) is 49.1 Å². The third-order valence-corrected chi connectivity index (χ3v) is 1.64. The van der Waals surface area contributed by atoms with E-state index in [0.29, 0.717) is 0 Å². The molecule has 0 radical (unpaired) electrons. The lowest BCUT2D eigenvalue weighted by atomic mass is 10.1. The predicted octanol–water partition coefficient (Wildman–Crippen LogP) is 4.90. The van der Waals surface area contributed by atoms with E-state index in [1.54, 1.807) is 0 Å². The largest absolute Gasteiger partial charge is 0.333 e. The van der Waals surface area contributed by atoms with Crippen molar-refractivity contribution >= 4 is 5.57 Å². The molecule has 1 aromatic rings. The molecule has 0 atom stereocenters. The highest BCUT2D eigenvalue weighted by Crippen LogP contribution is 2.13. The van der Waals surface area contributed by atoms with Gasteiger partial charge in [0.25, 0.3) is 0 Å². The summed E-state index contributed by atoms with van der Waals surface area (Å²) in [5.74, 6) is 0. The van der Waals surface area contributed by atoms with Gasteiger partial charge in [-0.3, -0.25) is 0 Å². The van der Waals surface area contributed by atoms with Crippen molar-refractivity contribution in [2.24, 2.45) is 5.73 Å². The number of hydrogen-bond donors (Lipinski definition) is 1. The summed E-state index contributed by atoms with van der Waals surface area (Å²) in [7, 11) is 1.50. The summed E-state index contributed by atoms with van der Waals surface area (Å²) >= 11 is 0. The Kier molecular flexibility index (Phi) is 24.9. The van der Waals surface area contributed by atoms with E-state index in [2.05, 4.69) is 30.5 Å². The van der Waals surface area contributed by atoms with Crippen LogP contribution in [0.25, 0.3) is 5.57 Å². The van der Waals surface area contributed by atoms with Gasteiger partial charge in [0.05, 0.1) is 0 Å². The van der Waals surface area contributed by atoms with Crippen LogP contribution in [0.5, 0.6) is 0 Å². The van der Waals surface area contributed by atoms with Gasteiger partial charge in [0.2, 0.25) is 0 Å². The molecule has 98 valence electrons. The Morgan fingerprint density at radius 1 is 1.00 bits per heavy atom. The number of rotatable bonds is 2. The van der Waals surface area contributed by atoms with Crippen LogP contribution < -0.4 is 5.73 Å². The first-order chi connectivity index (χ1) is 8.38. The van der Waals surface area contributed by atoms with Gasteiger partial charge < -0.3 is 5.73 Å². The Hall–Kier alpha value is -1.34. The van der Waals surface area contributed by atoms with Crippen LogP contribution in [0.3, 0.4) is 0 Å². The molecule has 0 unspecified atom stereocenters. The predicted molar refractivity (Wildman–Crippen MR) is 83.1 cm³/mol. The van der Waals surface area contributed by atoms with Crippen molar-refractivity contribution in [3.8, 4) is 0 Å². The van der Waals surface area contributed by atoms with Gasteiger partial charge in [0, 0.05) is 0 Å². The van der Waals surface area contributed by atoms with E-state index in [0.717, 1.165) is 0 Å². The quantitative estimate of drug-likeness (QED) is 0.725. The lowest BCUT2D eigenvalue weighted by molar-refractivity contribution is 1.48. The first-order valence-electron chi connectivity index (χ1n) is 6.30. The van der Waals surface area contributed by atoms with E-state index in [1.807, 2.05) is 58.9 Å². The molecule has 1 aromatic carbocycles. The average molecular weight is 235 g/mol. The molecule has 0 aliphatic carbocycles. The zero-order valence-corrected chi connectivity index (χ0v) is 12.3. The summed E-state index contributed by atoms with van der Waals surface area (Å²) in [4.78, 5) is 0. The van der Waals surface area contributed by atoms with Crippen molar-refractivity contribution in [3.05, 3.63) is 54.6 Å². The average Bonchev–Trinajstić information content (AvgIpc) is 2.48. The summed E-state index contributed by atoms with van der Waals surface area (Å²) in [6.07, 6.45) is 3.93. The fourth-order valence-electron chi connectivity index (χ4n) is 1.03. The van der Waals surface area contributed by atoms with Crippen LogP contribution in [-0.4, -0.2) is 7.05 Å². The molecule has 0 saturated heterocycles. The molecule has 0 saturated carbocycles. The molecule has 0 aliphatic rings. The van der Waals surface area contributed by atoms with Gasteiger partial charge in [0.1, 0.15) is 0 Å². The minimum atomic E-state index is 1.19. The molecule has 0 bridgehead atoms. The number of allylic oxidation sites excluding steroid dienone is 3. The van der Waals surface area contributed by atoms with Gasteiger partial charge in [0.15, 0.2) is 0 Å². The molecule has 0 fully saturated rings. The Morgan fingerprint density at radius 3 is 1.71 bits per heavy atom. The van der Waals surface area contributed by atoms with Gasteiger partial charge in [-0.25, -0.2) is 0 Å². The lowest BCUT2D eigenvalue weighted by Crippen LogP contribution is -1.76. The Morgan fingerprint density at radius 2 is 1.41 bits per heavy atom. The summed E-state index contributed by atoms with van der Waals surface area (Å²) in [6, 6.07) is 10.2. The first kappa shape index (κ1) is 21.0. The normalized spacial score (nSPS) is 8.29. The van der Waals surface area contributed by atoms with Crippen molar-refractivity contribution in [2.75, 3.05) is 7.05 Å². The summed E-state index contributed by atoms with van der Waals surface area (Å²) in [5.41, 5.74) is 6.91. The van der Waals surface area contributed by atoms with E-state index in [9.17, 15) is 0 Å². The number of hydrogen-bond acceptors (Lipinski definition) is 1. The van der Waals surface area contributed by atoms with E-state index in [1.165, 1.54) is 18.2 Å². The second-order valence-corrected chi connectivity index (χ2v) is 2.31. The highest BCUT2D eigenvalue weighted by atomic mass is 14.4. The molecule has 17 heavy (non-hydrogen) atoms. The van der Waals surface area contributed by atoms with Crippen LogP contribution >= 0.6 is 0 Å². The second kappa shape index (κ2) is 20.1. The molecule has 0 spiro atoms.